The number of amides is 1. The topological polar surface area (TPSA) is 48.0 Å². The molecule has 2 aliphatic rings. The summed E-state index contributed by atoms with van der Waals surface area (Å²) >= 11 is 0. The minimum absolute atomic E-state index is 0.270. The minimum atomic E-state index is -0.602. The fraction of sp³-hybridized carbons (Fsp3) is 0.667. The lowest BCUT2D eigenvalue weighted by atomic mass is 9.77. The van der Waals surface area contributed by atoms with Gasteiger partial charge in [0.05, 0.1) is 11.2 Å². The van der Waals surface area contributed by atoms with Crippen LogP contribution in [0.3, 0.4) is 0 Å². The minimum Gasteiger partial charge on any atom is -0.444 e. The summed E-state index contributed by atoms with van der Waals surface area (Å²) < 4.78 is 32.5. The molecule has 2 aliphatic heterocycles. The molecule has 1 saturated heterocycles. The maximum absolute atomic E-state index is 14.9. The summed E-state index contributed by atoms with van der Waals surface area (Å²) in [7, 11) is -0.602. The summed E-state index contributed by atoms with van der Waals surface area (Å²) in [6.07, 6.45) is 0.676. The molecular weight excluding hydrogens is 360 g/mol. The first-order valence-corrected chi connectivity index (χ1v) is 9.94. The number of benzene rings is 1. The van der Waals surface area contributed by atoms with Gasteiger partial charge in [0.1, 0.15) is 11.4 Å². The fourth-order valence-corrected chi connectivity index (χ4v) is 3.46. The zero-order chi connectivity index (χ0) is 20.9. The third-order valence-electron chi connectivity index (χ3n) is 5.77. The lowest BCUT2D eigenvalue weighted by molar-refractivity contribution is 0.00578. The molecule has 1 aromatic carbocycles. The van der Waals surface area contributed by atoms with E-state index in [0.29, 0.717) is 37.0 Å². The van der Waals surface area contributed by atoms with Crippen molar-refractivity contribution >= 4 is 18.7 Å². The SMILES string of the molecule is CC(C)(C)OC(=O)N1CCc2cc(B3OC(C)(C)C(C)(C)O3)cc(F)c2CC1. The molecule has 3 rings (SSSR count). The van der Waals surface area contributed by atoms with E-state index in [2.05, 4.69) is 0 Å². The smallest absolute Gasteiger partial charge is 0.444 e. The molecule has 0 aromatic heterocycles. The number of hydrogen-bond donors (Lipinski definition) is 0. The van der Waals surface area contributed by atoms with Crippen LogP contribution in [0.1, 0.15) is 59.6 Å². The van der Waals surface area contributed by atoms with Gasteiger partial charge in [-0.1, -0.05) is 6.07 Å². The molecule has 1 fully saturated rings. The zero-order valence-electron chi connectivity index (χ0n) is 18.0. The molecule has 7 heteroatoms. The van der Waals surface area contributed by atoms with E-state index in [0.717, 1.165) is 5.56 Å². The van der Waals surface area contributed by atoms with Crippen LogP contribution in [0, 0.1) is 5.82 Å². The summed E-state index contributed by atoms with van der Waals surface area (Å²) in [4.78, 5) is 14.0. The third-order valence-corrected chi connectivity index (χ3v) is 5.77. The molecule has 154 valence electrons. The van der Waals surface area contributed by atoms with Crippen LogP contribution in [-0.2, 0) is 26.9 Å². The van der Waals surface area contributed by atoms with Crippen LogP contribution in [0.25, 0.3) is 0 Å². The van der Waals surface area contributed by atoms with Crippen molar-refractivity contribution in [1.82, 2.24) is 4.90 Å². The van der Waals surface area contributed by atoms with Gasteiger partial charge in [0.25, 0.3) is 0 Å². The van der Waals surface area contributed by atoms with Crippen LogP contribution in [0.5, 0.6) is 0 Å². The Kier molecular flexibility index (Phi) is 5.30. The van der Waals surface area contributed by atoms with Crippen molar-refractivity contribution in [3.63, 3.8) is 0 Å². The molecule has 2 heterocycles. The highest BCUT2D eigenvalue weighted by atomic mass is 19.1. The zero-order valence-corrected chi connectivity index (χ0v) is 18.0. The van der Waals surface area contributed by atoms with Gasteiger partial charge in [0, 0.05) is 13.1 Å². The van der Waals surface area contributed by atoms with E-state index in [1.54, 1.807) is 4.90 Å². The Morgan fingerprint density at radius 1 is 1.11 bits per heavy atom. The molecule has 0 unspecified atom stereocenters. The number of halogens is 1. The quantitative estimate of drug-likeness (QED) is 0.688. The monoisotopic (exact) mass is 391 g/mol. The molecule has 0 spiro atoms. The van der Waals surface area contributed by atoms with Crippen LogP contribution in [0.2, 0.25) is 0 Å². The van der Waals surface area contributed by atoms with Crippen molar-refractivity contribution < 1.29 is 23.2 Å². The number of fused-ring (bicyclic) bond motifs is 1. The number of ether oxygens (including phenoxy) is 1. The summed E-state index contributed by atoms with van der Waals surface area (Å²) in [5.41, 5.74) is 0.733. The average molecular weight is 391 g/mol. The second kappa shape index (κ2) is 7.03. The van der Waals surface area contributed by atoms with E-state index in [1.165, 1.54) is 6.07 Å². The van der Waals surface area contributed by atoms with Gasteiger partial charge in [0.2, 0.25) is 0 Å². The molecule has 0 radical (unpaired) electrons. The first kappa shape index (κ1) is 21.1. The van der Waals surface area contributed by atoms with Crippen molar-refractivity contribution in [2.75, 3.05) is 13.1 Å². The molecule has 0 N–H and O–H groups in total. The first-order chi connectivity index (χ1) is 12.8. The molecule has 28 heavy (non-hydrogen) atoms. The molecule has 0 saturated carbocycles. The van der Waals surface area contributed by atoms with Crippen LogP contribution in [0.4, 0.5) is 9.18 Å². The first-order valence-electron chi connectivity index (χ1n) is 9.94. The summed E-state index contributed by atoms with van der Waals surface area (Å²) in [6, 6.07) is 3.46. The third kappa shape index (κ3) is 4.20. The van der Waals surface area contributed by atoms with Gasteiger partial charge in [-0.2, -0.15) is 0 Å². The maximum atomic E-state index is 14.9. The van der Waals surface area contributed by atoms with E-state index in [-0.39, 0.29) is 11.9 Å². The van der Waals surface area contributed by atoms with Crippen LogP contribution >= 0.6 is 0 Å². The van der Waals surface area contributed by atoms with Gasteiger partial charge in [-0.05, 0) is 84.0 Å². The molecule has 0 bridgehead atoms. The number of carbonyl (C=O) groups excluding carboxylic acids is 1. The van der Waals surface area contributed by atoms with Crippen molar-refractivity contribution in [2.45, 2.75) is 78.1 Å². The van der Waals surface area contributed by atoms with Gasteiger partial charge in [-0.25, -0.2) is 9.18 Å². The predicted molar refractivity (Wildman–Crippen MR) is 107 cm³/mol. The molecule has 5 nitrogen and oxygen atoms in total. The standard InChI is InChI=1S/C21H31BFNO4/c1-19(2,3)26-18(25)24-10-8-14-12-15(13-17(23)16(14)9-11-24)22-27-20(4,5)21(6,7)28-22/h12-13H,8-11H2,1-7H3. The number of hydrogen-bond acceptors (Lipinski definition) is 4. The van der Waals surface area contributed by atoms with Gasteiger partial charge in [-0.3, -0.25) is 0 Å². The van der Waals surface area contributed by atoms with Gasteiger partial charge >= 0.3 is 13.2 Å². The van der Waals surface area contributed by atoms with E-state index in [9.17, 15) is 9.18 Å². The highest BCUT2D eigenvalue weighted by Gasteiger charge is 2.52. The van der Waals surface area contributed by atoms with Gasteiger partial charge in [0.15, 0.2) is 0 Å². The Labute approximate surface area is 167 Å². The van der Waals surface area contributed by atoms with E-state index < -0.39 is 23.9 Å². The Balaban J connectivity index is 1.79. The molecule has 0 aliphatic carbocycles. The Morgan fingerprint density at radius 3 is 2.25 bits per heavy atom. The summed E-state index contributed by atoms with van der Waals surface area (Å²) in [5.74, 6) is -0.270. The number of carbonyl (C=O) groups is 1. The van der Waals surface area contributed by atoms with Crippen LogP contribution in [0.15, 0.2) is 12.1 Å². The highest BCUT2D eigenvalue weighted by Crippen LogP contribution is 2.36. The Hall–Kier alpha value is -1.60. The highest BCUT2D eigenvalue weighted by molar-refractivity contribution is 6.62. The van der Waals surface area contributed by atoms with E-state index in [1.807, 2.05) is 54.5 Å². The van der Waals surface area contributed by atoms with Gasteiger partial charge in [-0.15, -0.1) is 0 Å². The van der Waals surface area contributed by atoms with Crippen LogP contribution in [-0.4, -0.2) is 48.0 Å². The van der Waals surface area contributed by atoms with Gasteiger partial charge < -0.3 is 18.9 Å². The van der Waals surface area contributed by atoms with Crippen molar-refractivity contribution in [3.05, 3.63) is 29.1 Å². The van der Waals surface area contributed by atoms with Crippen LogP contribution < -0.4 is 5.46 Å². The average Bonchev–Trinajstić information content (AvgIpc) is 2.69. The lowest BCUT2D eigenvalue weighted by Crippen LogP contribution is -2.41. The molecule has 1 amide bonds. The van der Waals surface area contributed by atoms with E-state index >= 15 is 0 Å². The summed E-state index contributed by atoms with van der Waals surface area (Å²) in [6.45, 7) is 14.4. The van der Waals surface area contributed by atoms with E-state index in [4.69, 9.17) is 14.0 Å². The van der Waals surface area contributed by atoms with Crippen molar-refractivity contribution in [2.24, 2.45) is 0 Å². The second-order valence-corrected chi connectivity index (χ2v) is 9.70. The molecule has 1 aromatic rings. The normalized spacial score (nSPS) is 21.3. The lowest BCUT2D eigenvalue weighted by Gasteiger charge is -2.32. The maximum Gasteiger partial charge on any atom is 0.494 e. The summed E-state index contributed by atoms with van der Waals surface area (Å²) in [5, 5.41) is 0. The van der Waals surface area contributed by atoms with Crippen molar-refractivity contribution in [1.29, 1.82) is 0 Å². The number of rotatable bonds is 1. The largest absolute Gasteiger partial charge is 0.494 e. The molecular formula is C21H31BFNO4. The Morgan fingerprint density at radius 2 is 1.68 bits per heavy atom. The fourth-order valence-electron chi connectivity index (χ4n) is 3.46. The second-order valence-electron chi connectivity index (χ2n) is 9.70. The van der Waals surface area contributed by atoms with Crippen molar-refractivity contribution in [3.8, 4) is 0 Å². The molecule has 0 atom stereocenters. The Bertz CT molecular complexity index is 756. The predicted octanol–water partition coefficient (Wildman–Crippen LogP) is 3.46. The number of nitrogens with zero attached hydrogens (tertiary/aromatic N) is 1.